The van der Waals surface area contributed by atoms with E-state index < -0.39 is 5.82 Å². The van der Waals surface area contributed by atoms with E-state index in [9.17, 15) is 8.78 Å². The van der Waals surface area contributed by atoms with Crippen LogP contribution in [0.2, 0.25) is 0 Å². The number of aliphatic imine (C=N–C) groups is 1. The largest absolute Gasteiger partial charge is 0.488 e. The van der Waals surface area contributed by atoms with E-state index in [0.29, 0.717) is 16.7 Å². The summed E-state index contributed by atoms with van der Waals surface area (Å²) < 4.78 is 39.7. The highest BCUT2D eigenvalue weighted by Crippen LogP contribution is 2.29. The van der Waals surface area contributed by atoms with Crippen LogP contribution in [0.15, 0.2) is 41.4 Å². The minimum Gasteiger partial charge on any atom is -0.488 e. The van der Waals surface area contributed by atoms with Crippen LogP contribution in [0, 0.1) is 11.6 Å². The second-order valence-electron chi connectivity index (χ2n) is 6.90. The molecule has 0 amide bonds. The van der Waals surface area contributed by atoms with Gasteiger partial charge in [-0.1, -0.05) is 18.2 Å². The van der Waals surface area contributed by atoms with Gasteiger partial charge in [0.1, 0.15) is 5.82 Å². The number of rotatable bonds is 7. The lowest BCUT2D eigenvalue weighted by Gasteiger charge is -2.31. The Morgan fingerprint density at radius 3 is 2.37 bits per heavy atom. The number of nitrogens with zero attached hydrogens (tertiary/aromatic N) is 1. The summed E-state index contributed by atoms with van der Waals surface area (Å²) >= 11 is 4.57. The first kappa shape index (κ1) is 19.6. The molecule has 2 aromatic rings. The van der Waals surface area contributed by atoms with Crippen LogP contribution in [-0.4, -0.2) is 23.4 Å². The predicted molar refractivity (Wildman–Crippen MR) is 104 cm³/mol. The van der Waals surface area contributed by atoms with E-state index >= 15 is 0 Å². The van der Waals surface area contributed by atoms with Gasteiger partial charge in [0.15, 0.2) is 11.6 Å². The molecule has 0 radical (unpaired) electrons. The SMILES string of the molecule is CC(C)Oc1ccc(-c2ccc(CO[C@H]3C[C@@H](N=C=S)C3)c(F)c2)cc1F. The zero-order valence-corrected chi connectivity index (χ0v) is 16.1. The Balaban J connectivity index is 1.64. The second kappa shape index (κ2) is 8.70. The van der Waals surface area contributed by atoms with Gasteiger partial charge in [0.25, 0.3) is 0 Å². The predicted octanol–water partition coefficient (Wildman–Crippen LogP) is 5.57. The topological polar surface area (TPSA) is 30.8 Å². The lowest BCUT2D eigenvalue weighted by molar-refractivity contribution is -0.0192. The number of thiocarbonyl (C=S) groups is 1. The molecule has 0 aromatic heterocycles. The zero-order valence-electron chi connectivity index (χ0n) is 15.2. The zero-order chi connectivity index (χ0) is 19.4. The van der Waals surface area contributed by atoms with Gasteiger partial charge in [-0.15, -0.1) is 0 Å². The Hall–Kier alpha value is -2.14. The number of hydrogen-bond acceptors (Lipinski definition) is 4. The molecule has 0 aliphatic heterocycles. The molecule has 0 spiro atoms. The molecule has 0 heterocycles. The first-order chi connectivity index (χ1) is 13.0. The number of ether oxygens (including phenoxy) is 2. The van der Waals surface area contributed by atoms with Crippen LogP contribution in [0.25, 0.3) is 11.1 Å². The summed E-state index contributed by atoms with van der Waals surface area (Å²) in [7, 11) is 0. The minimum atomic E-state index is -0.465. The normalized spacial score (nSPS) is 18.7. The van der Waals surface area contributed by atoms with Crippen LogP contribution in [0.4, 0.5) is 8.78 Å². The van der Waals surface area contributed by atoms with Gasteiger partial charge in [0.2, 0.25) is 0 Å². The van der Waals surface area contributed by atoms with E-state index in [0.717, 1.165) is 12.8 Å². The van der Waals surface area contributed by atoms with Crippen LogP contribution < -0.4 is 4.74 Å². The molecule has 1 saturated carbocycles. The molecule has 0 N–H and O–H groups in total. The van der Waals surface area contributed by atoms with Crippen LogP contribution in [0.1, 0.15) is 32.3 Å². The van der Waals surface area contributed by atoms with Crippen molar-refractivity contribution < 1.29 is 18.3 Å². The Labute approximate surface area is 163 Å². The Bertz CT molecular complexity index is 859. The smallest absolute Gasteiger partial charge is 0.165 e. The van der Waals surface area contributed by atoms with E-state index in [1.165, 1.54) is 12.1 Å². The molecule has 1 aliphatic carbocycles. The van der Waals surface area contributed by atoms with Gasteiger partial charge in [-0.25, -0.2) is 13.8 Å². The highest BCUT2D eigenvalue weighted by molar-refractivity contribution is 7.78. The van der Waals surface area contributed by atoms with E-state index in [1.54, 1.807) is 24.3 Å². The van der Waals surface area contributed by atoms with Crippen molar-refractivity contribution in [2.24, 2.45) is 4.99 Å². The average Bonchev–Trinajstić information content (AvgIpc) is 2.59. The standard InChI is InChI=1S/C21H21F2NO2S/c1-13(2)26-21-6-5-15(8-20(21)23)14-3-4-16(19(22)7-14)11-25-18-9-17(10-18)24-12-27/h3-8,13,17-18H,9-11H2,1-2H3/t17-,18+. The molecule has 0 unspecified atom stereocenters. The molecule has 1 fully saturated rings. The molecule has 0 atom stereocenters. The number of isothiocyanates is 1. The van der Waals surface area contributed by atoms with Crippen molar-refractivity contribution in [2.45, 2.75) is 51.5 Å². The van der Waals surface area contributed by atoms with Crippen LogP contribution in [0.3, 0.4) is 0 Å². The Morgan fingerprint density at radius 2 is 1.78 bits per heavy atom. The van der Waals surface area contributed by atoms with E-state index in [-0.39, 0.29) is 36.4 Å². The van der Waals surface area contributed by atoms with Crippen molar-refractivity contribution in [2.75, 3.05) is 0 Å². The molecular formula is C21H21F2NO2S. The van der Waals surface area contributed by atoms with Gasteiger partial charge < -0.3 is 9.47 Å². The summed E-state index contributed by atoms with van der Waals surface area (Å²) in [5.41, 5.74) is 1.67. The lowest BCUT2D eigenvalue weighted by atomic mass is 9.90. The molecule has 6 heteroatoms. The maximum Gasteiger partial charge on any atom is 0.165 e. The van der Waals surface area contributed by atoms with Gasteiger partial charge in [-0.2, -0.15) is 0 Å². The number of hydrogen-bond donors (Lipinski definition) is 0. The lowest BCUT2D eigenvalue weighted by Crippen LogP contribution is -2.34. The van der Waals surface area contributed by atoms with Crippen LogP contribution >= 0.6 is 12.2 Å². The molecule has 3 rings (SSSR count). The molecule has 0 bridgehead atoms. The summed E-state index contributed by atoms with van der Waals surface area (Å²) in [4.78, 5) is 4.00. The third-order valence-electron chi connectivity index (χ3n) is 4.46. The summed E-state index contributed by atoms with van der Waals surface area (Å²) in [6, 6.07) is 9.65. The first-order valence-corrected chi connectivity index (χ1v) is 9.30. The van der Waals surface area contributed by atoms with Gasteiger partial charge in [-0.05, 0) is 68.2 Å². The van der Waals surface area contributed by atoms with Crippen molar-refractivity contribution in [1.82, 2.24) is 0 Å². The van der Waals surface area contributed by atoms with Gasteiger partial charge in [-0.3, -0.25) is 0 Å². The summed E-state index contributed by atoms with van der Waals surface area (Å²) in [5, 5.41) is 2.37. The number of halogens is 2. The van der Waals surface area contributed by atoms with Crippen LogP contribution in [-0.2, 0) is 11.3 Å². The summed E-state index contributed by atoms with van der Waals surface area (Å²) in [6.07, 6.45) is 1.53. The number of benzene rings is 2. The Morgan fingerprint density at radius 1 is 1.11 bits per heavy atom. The van der Waals surface area contributed by atoms with E-state index in [4.69, 9.17) is 9.47 Å². The first-order valence-electron chi connectivity index (χ1n) is 8.90. The molecule has 1 aliphatic rings. The summed E-state index contributed by atoms with van der Waals surface area (Å²) in [5.74, 6) is -0.647. The fourth-order valence-corrected chi connectivity index (χ4v) is 3.08. The molecule has 0 saturated heterocycles. The van der Waals surface area contributed by atoms with Crippen LogP contribution in [0.5, 0.6) is 5.75 Å². The van der Waals surface area contributed by atoms with Gasteiger partial charge in [0, 0.05) is 5.56 Å². The van der Waals surface area contributed by atoms with Gasteiger partial charge in [0.05, 0.1) is 30.0 Å². The molecule has 142 valence electrons. The molecule has 2 aromatic carbocycles. The minimum absolute atomic E-state index is 0.0729. The van der Waals surface area contributed by atoms with Crippen molar-refractivity contribution >= 4 is 17.4 Å². The monoisotopic (exact) mass is 389 g/mol. The Kier molecular flexibility index (Phi) is 6.32. The van der Waals surface area contributed by atoms with Crippen molar-refractivity contribution in [3.63, 3.8) is 0 Å². The summed E-state index contributed by atoms with van der Waals surface area (Å²) in [6.45, 7) is 3.86. The van der Waals surface area contributed by atoms with E-state index in [2.05, 4.69) is 22.4 Å². The highest BCUT2D eigenvalue weighted by atomic mass is 32.1. The highest BCUT2D eigenvalue weighted by Gasteiger charge is 2.29. The third-order valence-corrected chi connectivity index (χ3v) is 4.57. The molecule has 3 nitrogen and oxygen atoms in total. The van der Waals surface area contributed by atoms with Gasteiger partial charge >= 0.3 is 0 Å². The second-order valence-corrected chi connectivity index (χ2v) is 7.08. The van der Waals surface area contributed by atoms with E-state index in [1.807, 2.05) is 13.8 Å². The third kappa shape index (κ3) is 4.98. The molecular weight excluding hydrogens is 368 g/mol. The quantitative estimate of drug-likeness (QED) is 0.458. The average molecular weight is 389 g/mol. The van der Waals surface area contributed by atoms with Crippen molar-refractivity contribution in [3.05, 3.63) is 53.6 Å². The maximum atomic E-state index is 14.4. The fourth-order valence-electron chi connectivity index (χ4n) is 2.94. The maximum absolute atomic E-state index is 14.4. The van der Waals surface area contributed by atoms with Crippen molar-refractivity contribution in [3.8, 4) is 16.9 Å². The fraction of sp³-hybridized carbons (Fsp3) is 0.381. The van der Waals surface area contributed by atoms with Crippen molar-refractivity contribution in [1.29, 1.82) is 0 Å². The molecule has 27 heavy (non-hydrogen) atoms.